The molecule has 0 radical (unpaired) electrons. The molecular formula is C5H7NOS2. The van der Waals surface area contributed by atoms with E-state index >= 15 is 0 Å². The fourth-order valence-corrected chi connectivity index (χ4v) is 2.09. The van der Waals surface area contributed by atoms with Crippen molar-refractivity contribution >= 4 is 22.1 Å². The SMILES string of the molecule is CS(=O)Cc1nccs1. The molecule has 1 heterocycles. The fourth-order valence-electron chi connectivity index (χ4n) is 0.498. The van der Waals surface area contributed by atoms with Gasteiger partial charge in [-0.3, -0.25) is 4.21 Å². The Bertz CT molecular complexity index is 195. The number of hydrogen-bond acceptors (Lipinski definition) is 3. The van der Waals surface area contributed by atoms with E-state index in [1.54, 1.807) is 23.8 Å². The zero-order valence-electron chi connectivity index (χ0n) is 5.03. The highest BCUT2D eigenvalue weighted by Crippen LogP contribution is 2.05. The van der Waals surface area contributed by atoms with Gasteiger partial charge < -0.3 is 0 Å². The van der Waals surface area contributed by atoms with Crippen LogP contribution in [0.2, 0.25) is 0 Å². The molecule has 9 heavy (non-hydrogen) atoms. The van der Waals surface area contributed by atoms with Crippen LogP contribution < -0.4 is 0 Å². The van der Waals surface area contributed by atoms with E-state index in [2.05, 4.69) is 4.98 Å². The van der Waals surface area contributed by atoms with Gasteiger partial charge in [-0.05, 0) is 0 Å². The Balaban J connectivity index is 2.58. The third-order valence-corrected chi connectivity index (χ3v) is 2.45. The Morgan fingerprint density at radius 3 is 3.11 bits per heavy atom. The van der Waals surface area contributed by atoms with E-state index in [0.717, 1.165) is 5.01 Å². The van der Waals surface area contributed by atoms with Crippen molar-refractivity contribution in [1.29, 1.82) is 0 Å². The fraction of sp³-hybridized carbons (Fsp3) is 0.400. The molecule has 1 atom stereocenters. The van der Waals surface area contributed by atoms with Gasteiger partial charge in [0.25, 0.3) is 0 Å². The zero-order chi connectivity index (χ0) is 6.69. The highest BCUT2D eigenvalue weighted by Gasteiger charge is 1.95. The standard InChI is InChI=1S/C5H7NOS2/c1-9(7)4-5-6-2-3-8-5/h2-3H,4H2,1H3. The first-order valence-corrected chi connectivity index (χ1v) is 5.08. The summed E-state index contributed by atoms with van der Waals surface area (Å²) in [4.78, 5) is 3.98. The molecule has 0 aliphatic carbocycles. The van der Waals surface area contributed by atoms with Gasteiger partial charge in [-0.15, -0.1) is 11.3 Å². The summed E-state index contributed by atoms with van der Waals surface area (Å²) in [5.74, 6) is 0.595. The first-order chi connectivity index (χ1) is 4.29. The Kier molecular flexibility index (Phi) is 2.36. The first-order valence-electron chi connectivity index (χ1n) is 2.47. The molecule has 0 aliphatic heterocycles. The van der Waals surface area contributed by atoms with Crippen molar-refractivity contribution in [2.24, 2.45) is 0 Å². The molecule has 0 N–H and O–H groups in total. The third kappa shape index (κ3) is 2.24. The summed E-state index contributed by atoms with van der Waals surface area (Å²) in [6.45, 7) is 0. The van der Waals surface area contributed by atoms with E-state index in [1.165, 1.54) is 0 Å². The Hall–Kier alpha value is -0.220. The summed E-state index contributed by atoms with van der Waals surface area (Å²) in [5.41, 5.74) is 0. The van der Waals surface area contributed by atoms with Crippen LogP contribution in [0.15, 0.2) is 11.6 Å². The van der Waals surface area contributed by atoms with Gasteiger partial charge in [0.15, 0.2) is 0 Å². The molecule has 1 aromatic heterocycles. The van der Waals surface area contributed by atoms with Crippen LogP contribution in [0.5, 0.6) is 0 Å². The molecule has 0 saturated heterocycles. The average Bonchev–Trinajstić information content (AvgIpc) is 2.15. The highest BCUT2D eigenvalue weighted by molar-refractivity contribution is 7.83. The van der Waals surface area contributed by atoms with Crippen molar-refractivity contribution in [3.8, 4) is 0 Å². The average molecular weight is 161 g/mol. The second-order valence-corrected chi connectivity index (χ2v) is 4.06. The lowest BCUT2D eigenvalue weighted by molar-refractivity contribution is 0.686. The van der Waals surface area contributed by atoms with Gasteiger partial charge in [0.05, 0.1) is 5.75 Å². The van der Waals surface area contributed by atoms with Crippen molar-refractivity contribution in [2.45, 2.75) is 5.75 Å². The van der Waals surface area contributed by atoms with E-state index in [1.807, 2.05) is 5.38 Å². The summed E-state index contributed by atoms with van der Waals surface area (Å²) in [7, 11) is -0.747. The lowest BCUT2D eigenvalue weighted by Crippen LogP contribution is -1.89. The van der Waals surface area contributed by atoms with Crippen LogP contribution in [-0.4, -0.2) is 15.4 Å². The van der Waals surface area contributed by atoms with Crippen molar-refractivity contribution in [1.82, 2.24) is 4.98 Å². The molecule has 0 fully saturated rings. The predicted octanol–water partition coefficient (Wildman–Crippen LogP) is 1.02. The van der Waals surface area contributed by atoms with E-state index < -0.39 is 10.8 Å². The minimum atomic E-state index is -0.747. The van der Waals surface area contributed by atoms with Gasteiger partial charge in [0.1, 0.15) is 5.01 Å². The first kappa shape index (κ1) is 6.89. The number of aromatic nitrogens is 1. The van der Waals surface area contributed by atoms with Gasteiger partial charge in [0, 0.05) is 28.6 Å². The minimum Gasteiger partial charge on any atom is -0.259 e. The monoisotopic (exact) mass is 161 g/mol. The zero-order valence-corrected chi connectivity index (χ0v) is 6.67. The maximum Gasteiger partial charge on any atom is 0.105 e. The van der Waals surface area contributed by atoms with Crippen molar-refractivity contribution < 1.29 is 4.21 Å². The van der Waals surface area contributed by atoms with Crippen molar-refractivity contribution in [2.75, 3.05) is 6.26 Å². The molecule has 0 aromatic carbocycles. The Labute approximate surface area is 60.4 Å². The van der Waals surface area contributed by atoms with Gasteiger partial charge in [-0.2, -0.15) is 0 Å². The van der Waals surface area contributed by atoms with Gasteiger partial charge in [-0.1, -0.05) is 0 Å². The van der Waals surface area contributed by atoms with Crippen molar-refractivity contribution in [3.63, 3.8) is 0 Å². The van der Waals surface area contributed by atoms with Crippen LogP contribution in [0.3, 0.4) is 0 Å². The van der Waals surface area contributed by atoms with E-state index in [4.69, 9.17) is 0 Å². The Morgan fingerprint density at radius 2 is 2.67 bits per heavy atom. The molecule has 0 aliphatic rings. The summed E-state index contributed by atoms with van der Waals surface area (Å²) < 4.78 is 10.6. The topological polar surface area (TPSA) is 30.0 Å². The quantitative estimate of drug-likeness (QED) is 0.648. The third-order valence-electron chi connectivity index (χ3n) is 0.810. The second kappa shape index (κ2) is 3.08. The lowest BCUT2D eigenvalue weighted by Gasteiger charge is -1.86. The van der Waals surface area contributed by atoms with Gasteiger partial charge in [0.2, 0.25) is 0 Å². The molecule has 0 amide bonds. The lowest BCUT2D eigenvalue weighted by atomic mass is 10.8. The summed E-state index contributed by atoms with van der Waals surface area (Å²) in [6, 6.07) is 0. The number of thiazole rings is 1. The van der Waals surface area contributed by atoms with Crippen LogP contribution in [0.25, 0.3) is 0 Å². The predicted molar refractivity (Wildman–Crippen MR) is 39.9 cm³/mol. The van der Waals surface area contributed by atoms with Crippen LogP contribution in [-0.2, 0) is 16.6 Å². The summed E-state index contributed by atoms with van der Waals surface area (Å²) in [6.07, 6.45) is 3.41. The molecule has 50 valence electrons. The molecule has 1 aromatic rings. The molecule has 1 rings (SSSR count). The molecule has 4 heteroatoms. The van der Waals surface area contributed by atoms with Crippen LogP contribution in [0.1, 0.15) is 5.01 Å². The van der Waals surface area contributed by atoms with Gasteiger partial charge >= 0.3 is 0 Å². The minimum absolute atomic E-state index is 0.595. The molecule has 0 spiro atoms. The molecule has 1 unspecified atom stereocenters. The number of nitrogens with zero attached hydrogens (tertiary/aromatic N) is 1. The number of rotatable bonds is 2. The second-order valence-electron chi connectivity index (χ2n) is 1.64. The van der Waals surface area contributed by atoms with Crippen molar-refractivity contribution in [3.05, 3.63) is 16.6 Å². The van der Waals surface area contributed by atoms with Crippen LogP contribution in [0, 0.1) is 0 Å². The molecule has 2 nitrogen and oxygen atoms in total. The molecule has 0 saturated carbocycles. The van der Waals surface area contributed by atoms with E-state index in [0.29, 0.717) is 5.75 Å². The molecule has 0 bridgehead atoms. The summed E-state index contributed by atoms with van der Waals surface area (Å²) in [5, 5.41) is 2.85. The largest absolute Gasteiger partial charge is 0.259 e. The number of hydrogen-bond donors (Lipinski definition) is 0. The molecular weight excluding hydrogens is 154 g/mol. The van der Waals surface area contributed by atoms with E-state index in [-0.39, 0.29) is 0 Å². The van der Waals surface area contributed by atoms with Crippen LogP contribution >= 0.6 is 11.3 Å². The summed E-state index contributed by atoms with van der Waals surface area (Å²) >= 11 is 1.55. The Morgan fingerprint density at radius 1 is 1.89 bits per heavy atom. The highest BCUT2D eigenvalue weighted by atomic mass is 32.2. The van der Waals surface area contributed by atoms with Crippen LogP contribution in [0.4, 0.5) is 0 Å². The normalized spacial score (nSPS) is 13.4. The smallest absolute Gasteiger partial charge is 0.105 e. The maximum absolute atomic E-state index is 10.6. The maximum atomic E-state index is 10.6. The van der Waals surface area contributed by atoms with Gasteiger partial charge in [-0.25, -0.2) is 4.98 Å². The van der Waals surface area contributed by atoms with E-state index in [9.17, 15) is 4.21 Å².